The lowest BCUT2D eigenvalue weighted by atomic mass is 10.2. The third kappa shape index (κ3) is 4.45. The number of aliphatic hydroxyl groups is 1. The predicted molar refractivity (Wildman–Crippen MR) is 81.1 cm³/mol. The quantitative estimate of drug-likeness (QED) is 0.410. The molecule has 1 aliphatic carbocycles. The second kappa shape index (κ2) is 6.93. The van der Waals surface area contributed by atoms with E-state index < -0.39 is 6.10 Å². The molecule has 0 bridgehead atoms. The zero-order chi connectivity index (χ0) is 12.3. The highest BCUT2D eigenvalue weighted by Gasteiger charge is 2.22. The Labute approximate surface area is 124 Å². The van der Waals surface area contributed by atoms with Gasteiger partial charge < -0.3 is 15.7 Å². The molecule has 2 rings (SSSR count). The van der Waals surface area contributed by atoms with Gasteiger partial charge in [0.25, 0.3) is 0 Å². The maximum absolute atomic E-state index is 9.93. The summed E-state index contributed by atoms with van der Waals surface area (Å²) in [7, 11) is 3.56. The van der Waals surface area contributed by atoms with Crippen molar-refractivity contribution in [3.8, 4) is 0 Å². The predicted octanol–water partition coefficient (Wildman–Crippen LogP) is 0.399. The van der Waals surface area contributed by atoms with Gasteiger partial charge in [-0.3, -0.25) is 9.67 Å². The van der Waals surface area contributed by atoms with E-state index >= 15 is 0 Å². The molecule has 0 saturated heterocycles. The maximum Gasteiger partial charge on any atom is 0.191 e. The van der Waals surface area contributed by atoms with Crippen molar-refractivity contribution in [3.05, 3.63) is 18.0 Å². The lowest BCUT2D eigenvalue weighted by Crippen LogP contribution is -2.40. The van der Waals surface area contributed by atoms with Gasteiger partial charge in [0.2, 0.25) is 0 Å². The molecule has 3 N–H and O–H groups in total. The summed E-state index contributed by atoms with van der Waals surface area (Å²) in [5.41, 5.74) is 0.807. The summed E-state index contributed by atoms with van der Waals surface area (Å²) in [5, 5.41) is 20.3. The summed E-state index contributed by atoms with van der Waals surface area (Å²) in [6, 6.07) is 0.553. The second-order valence-electron chi connectivity index (χ2n) is 4.33. The number of aliphatic hydroxyl groups excluding tert-OH is 1. The number of hydrogen-bond donors (Lipinski definition) is 3. The molecule has 0 radical (unpaired) electrons. The normalized spacial score (nSPS) is 16.9. The van der Waals surface area contributed by atoms with E-state index in [2.05, 4.69) is 20.7 Å². The fraction of sp³-hybridized carbons (Fsp3) is 0.636. The summed E-state index contributed by atoms with van der Waals surface area (Å²) in [5.74, 6) is 0.746. The first-order chi connectivity index (χ1) is 8.19. The Kier molecular flexibility index (Phi) is 5.86. The van der Waals surface area contributed by atoms with Crippen molar-refractivity contribution >= 4 is 29.9 Å². The van der Waals surface area contributed by atoms with Gasteiger partial charge in [-0.05, 0) is 12.8 Å². The SMILES string of the molecule is CN=C(NCC(O)c1cnn(C)c1)NC1CC1.I. The zero-order valence-corrected chi connectivity index (χ0v) is 13.0. The minimum absolute atomic E-state index is 0. The number of aromatic nitrogens is 2. The fourth-order valence-electron chi connectivity index (χ4n) is 1.54. The summed E-state index contributed by atoms with van der Waals surface area (Å²) in [6.07, 6.45) is 5.31. The maximum atomic E-state index is 9.93. The monoisotopic (exact) mass is 365 g/mol. The Hall–Kier alpha value is -0.830. The first-order valence-corrected chi connectivity index (χ1v) is 5.83. The first kappa shape index (κ1) is 15.2. The van der Waals surface area contributed by atoms with Crippen molar-refractivity contribution in [2.24, 2.45) is 12.0 Å². The highest BCUT2D eigenvalue weighted by atomic mass is 127. The van der Waals surface area contributed by atoms with Gasteiger partial charge in [0, 0.05) is 38.4 Å². The van der Waals surface area contributed by atoms with Crippen LogP contribution in [0.25, 0.3) is 0 Å². The average molecular weight is 365 g/mol. The molecule has 6 nitrogen and oxygen atoms in total. The number of aliphatic imine (C=N–C) groups is 1. The summed E-state index contributed by atoms with van der Waals surface area (Å²) in [6.45, 7) is 0.429. The third-order valence-corrected chi connectivity index (χ3v) is 2.71. The number of aryl methyl sites for hydroxylation is 1. The van der Waals surface area contributed by atoms with Crippen LogP contribution in [0.4, 0.5) is 0 Å². The molecule has 1 saturated carbocycles. The fourth-order valence-corrected chi connectivity index (χ4v) is 1.54. The van der Waals surface area contributed by atoms with Gasteiger partial charge in [-0.25, -0.2) is 0 Å². The molecule has 1 aromatic heterocycles. The zero-order valence-electron chi connectivity index (χ0n) is 10.6. The Balaban J connectivity index is 0.00000162. The van der Waals surface area contributed by atoms with Crippen LogP contribution in [0, 0.1) is 0 Å². The minimum Gasteiger partial charge on any atom is -0.386 e. The van der Waals surface area contributed by atoms with Crippen LogP contribution in [-0.2, 0) is 7.05 Å². The van der Waals surface area contributed by atoms with E-state index in [1.807, 2.05) is 13.2 Å². The summed E-state index contributed by atoms with van der Waals surface area (Å²) >= 11 is 0. The molecule has 102 valence electrons. The number of nitrogens with one attached hydrogen (secondary N) is 2. The van der Waals surface area contributed by atoms with Gasteiger partial charge >= 0.3 is 0 Å². The number of nitrogens with zero attached hydrogens (tertiary/aromatic N) is 3. The molecule has 1 unspecified atom stereocenters. The van der Waals surface area contributed by atoms with E-state index in [0.717, 1.165) is 11.5 Å². The minimum atomic E-state index is -0.568. The molecule has 1 atom stereocenters. The Morgan fingerprint density at radius 2 is 2.39 bits per heavy atom. The smallest absolute Gasteiger partial charge is 0.191 e. The number of rotatable bonds is 4. The highest BCUT2D eigenvalue weighted by molar-refractivity contribution is 14.0. The molecule has 1 fully saturated rings. The van der Waals surface area contributed by atoms with Crippen molar-refractivity contribution in [1.29, 1.82) is 0 Å². The van der Waals surface area contributed by atoms with E-state index in [4.69, 9.17) is 0 Å². The van der Waals surface area contributed by atoms with Crippen molar-refractivity contribution in [2.75, 3.05) is 13.6 Å². The molecule has 1 aromatic rings. The molecule has 0 aliphatic heterocycles. The van der Waals surface area contributed by atoms with Gasteiger partial charge in [0.15, 0.2) is 5.96 Å². The van der Waals surface area contributed by atoms with E-state index in [9.17, 15) is 5.11 Å². The average Bonchev–Trinajstić information content (AvgIpc) is 3.04. The van der Waals surface area contributed by atoms with Crippen LogP contribution in [0.1, 0.15) is 24.5 Å². The lowest BCUT2D eigenvalue weighted by Gasteiger charge is -2.14. The topological polar surface area (TPSA) is 74.5 Å². The van der Waals surface area contributed by atoms with Crippen LogP contribution in [0.15, 0.2) is 17.4 Å². The molecule has 18 heavy (non-hydrogen) atoms. The van der Waals surface area contributed by atoms with Crippen molar-refractivity contribution < 1.29 is 5.11 Å². The molecular weight excluding hydrogens is 345 g/mol. The molecule has 1 aliphatic rings. The molecule has 1 heterocycles. The van der Waals surface area contributed by atoms with Crippen LogP contribution in [0.2, 0.25) is 0 Å². The van der Waals surface area contributed by atoms with Gasteiger partial charge in [-0.15, -0.1) is 24.0 Å². The summed E-state index contributed by atoms with van der Waals surface area (Å²) in [4.78, 5) is 4.10. The lowest BCUT2D eigenvalue weighted by molar-refractivity contribution is 0.180. The standard InChI is InChI=1S/C11H19N5O.HI/c1-12-11(15-9-3-4-9)13-6-10(17)8-5-14-16(2)7-8;/h5,7,9-10,17H,3-4,6H2,1-2H3,(H2,12,13,15);1H. The molecule has 7 heteroatoms. The van der Waals surface area contributed by atoms with Crippen LogP contribution < -0.4 is 10.6 Å². The third-order valence-electron chi connectivity index (χ3n) is 2.71. The van der Waals surface area contributed by atoms with E-state index in [-0.39, 0.29) is 24.0 Å². The summed E-state index contributed by atoms with van der Waals surface area (Å²) < 4.78 is 1.68. The van der Waals surface area contributed by atoms with Crippen molar-refractivity contribution in [1.82, 2.24) is 20.4 Å². The Bertz CT molecular complexity index is 402. The van der Waals surface area contributed by atoms with E-state index in [0.29, 0.717) is 12.6 Å². The van der Waals surface area contributed by atoms with Gasteiger partial charge in [-0.1, -0.05) is 0 Å². The molecule has 0 spiro atoms. The molecule has 0 amide bonds. The van der Waals surface area contributed by atoms with Gasteiger partial charge in [-0.2, -0.15) is 5.10 Å². The number of halogens is 1. The van der Waals surface area contributed by atoms with Crippen LogP contribution in [0.3, 0.4) is 0 Å². The van der Waals surface area contributed by atoms with Crippen molar-refractivity contribution in [2.45, 2.75) is 25.0 Å². The van der Waals surface area contributed by atoms with Crippen LogP contribution in [-0.4, -0.2) is 40.5 Å². The molecule has 0 aromatic carbocycles. The van der Waals surface area contributed by atoms with Crippen molar-refractivity contribution in [3.63, 3.8) is 0 Å². The Morgan fingerprint density at radius 1 is 1.67 bits per heavy atom. The van der Waals surface area contributed by atoms with Gasteiger partial charge in [0.1, 0.15) is 0 Å². The largest absolute Gasteiger partial charge is 0.386 e. The Morgan fingerprint density at radius 3 is 2.89 bits per heavy atom. The van der Waals surface area contributed by atoms with Crippen LogP contribution in [0.5, 0.6) is 0 Å². The first-order valence-electron chi connectivity index (χ1n) is 5.83. The van der Waals surface area contributed by atoms with E-state index in [1.165, 1.54) is 12.8 Å². The second-order valence-corrected chi connectivity index (χ2v) is 4.33. The van der Waals surface area contributed by atoms with E-state index in [1.54, 1.807) is 17.9 Å². The number of guanidine groups is 1. The van der Waals surface area contributed by atoms with Gasteiger partial charge in [0.05, 0.1) is 12.3 Å². The number of hydrogen-bond acceptors (Lipinski definition) is 3. The van der Waals surface area contributed by atoms with Crippen LogP contribution >= 0.6 is 24.0 Å². The highest BCUT2D eigenvalue weighted by Crippen LogP contribution is 2.18. The molecular formula is C11H20IN5O.